The van der Waals surface area contributed by atoms with E-state index < -0.39 is 0 Å². The Morgan fingerprint density at radius 1 is 0.429 bits per heavy atom. The molecule has 0 aromatic carbocycles. The van der Waals surface area contributed by atoms with E-state index in [2.05, 4.69) is 0 Å². The van der Waals surface area contributed by atoms with Gasteiger partial charge < -0.3 is 29.7 Å². The molecule has 0 spiro atoms. The smallest absolute Gasteiger partial charge is 3.00 e. The van der Waals surface area contributed by atoms with E-state index in [0.717, 1.165) is 0 Å². The van der Waals surface area contributed by atoms with Gasteiger partial charge in [0.15, 0.2) is 0 Å². The average Bonchev–Trinajstić information content (AvgIpc) is 0. The molecular weight excluding hydrogens is 398 g/mol. The van der Waals surface area contributed by atoms with Crippen LogP contribution in [0.4, 0.5) is 0 Å². The summed E-state index contributed by atoms with van der Waals surface area (Å²) < 4.78 is 0. The second-order valence-electron chi connectivity index (χ2n) is 0. The first-order chi connectivity index (χ1) is 0. The molecule has 0 aromatic heterocycles. The van der Waals surface area contributed by atoms with E-state index in [1.54, 1.807) is 0 Å². The minimum Gasteiger partial charge on any atom is -3.00 e. The van der Waals surface area contributed by atoms with Gasteiger partial charge in [0, 0.05) is 0 Å². The molecular formula is Cu3InP3. The average molecular weight is 398 g/mol. The van der Waals surface area contributed by atoms with Crippen LogP contribution in [0.5, 0.6) is 0 Å². The largest absolute Gasteiger partial charge is 3.00 e. The topological polar surface area (TPSA) is 0 Å². The molecule has 0 bridgehead atoms. The molecule has 0 aromatic rings. The monoisotopic (exact) mass is 397 g/mol. The van der Waals surface area contributed by atoms with Gasteiger partial charge in [-0.05, 0) is 0 Å². The van der Waals surface area contributed by atoms with Gasteiger partial charge in [0.1, 0.15) is 0 Å². The van der Waals surface area contributed by atoms with Crippen LogP contribution >= 0.6 is 29.7 Å². The van der Waals surface area contributed by atoms with Crippen molar-refractivity contribution in [2.45, 2.75) is 0 Å². The Labute approximate surface area is 105 Å². The zero-order chi connectivity index (χ0) is 0. The summed E-state index contributed by atoms with van der Waals surface area (Å²) in [6.07, 6.45) is 0. The fourth-order valence-corrected chi connectivity index (χ4v) is 0. The van der Waals surface area contributed by atoms with Gasteiger partial charge >= 0.3 is 77.0 Å². The molecule has 0 nitrogen and oxygen atoms in total. The molecule has 7 heavy (non-hydrogen) atoms. The van der Waals surface area contributed by atoms with Gasteiger partial charge in [-0.25, -0.2) is 0 Å². The van der Waals surface area contributed by atoms with E-state index in [1.165, 1.54) is 0 Å². The molecule has 0 aliphatic rings. The fraction of sp³-hybridized carbons (Fsp3) is 0. The maximum absolute atomic E-state index is 0. The summed E-state index contributed by atoms with van der Waals surface area (Å²) >= 11 is 0. The Morgan fingerprint density at radius 3 is 0.429 bits per heavy atom. The van der Waals surface area contributed by atoms with Crippen molar-refractivity contribution in [3.63, 3.8) is 0 Å². The molecule has 0 heterocycles. The maximum Gasteiger partial charge on any atom is 3.00 e. The van der Waals surface area contributed by atoms with Crippen LogP contribution in [-0.2, 0) is 51.2 Å². The second kappa shape index (κ2) is 53.4. The number of rotatable bonds is 0. The Bertz CT molecular complexity index is 10.1. The quantitative estimate of drug-likeness (QED) is 0.434. The normalized spacial score (nSPS) is 0. The zero-order valence-electron chi connectivity index (χ0n) is 2.82. The van der Waals surface area contributed by atoms with Crippen molar-refractivity contribution in [2.24, 2.45) is 0 Å². The zero-order valence-corrected chi connectivity index (χ0v) is 11.6. The van der Waals surface area contributed by atoms with Gasteiger partial charge in [-0.2, -0.15) is 0 Å². The van der Waals surface area contributed by atoms with Crippen molar-refractivity contribution >= 4 is 55.5 Å². The van der Waals surface area contributed by atoms with Crippen LogP contribution in [0.25, 0.3) is 0 Å². The van der Waals surface area contributed by atoms with Crippen LogP contribution in [0.1, 0.15) is 0 Å². The van der Waals surface area contributed by atoms with E-state index in [1.807, 2.05) is 0 Å². The van der Waals surface area contributed by atoms with Crippen LogP contribution in [0.3, 0.4) is 0 Å². The molecule has 0 rings (SSSR count). The van der Waals surface area contributed by atoms with Crippen LogP contribution in [0, 0.1) is 0 Å². The minimum atomic E-state index is 0. The standard InChI is InChI=1S/3Cu.In.3P/q3*+2;+3;3*-3. The van der Waals surface area contributed by atoms with Crippen molar-refractivity contribution in [1.82, 2.24) is 0 Å². The van der Waals surface area contributed by atoms with Gasteiger partial charge in [-0.3, -0.25) is 0 Å². The SMILES string of the molecule is [Cu+2].[Cu+2].[Cu+2].[In+3].[P-3].[P-3].[P-3]. The van der Waals surface area contributed by atoms with Crippen LogP contribution < -0.4 is 0 Å². The molecule has 0 N–H and O–H groups in total. The molecule has 7 heteroatoms. The van der Waals surface area contributed by atoms with Crippen molar-refractivity contribution < 1.29 is 51.2 Å². The van der Waals surface area contributed by atoms with Gasteiger partial charge in [-0.1, -0.05) is 0 Å². The predicted octanol–water partition coefficient (Wildman–Crippen LogP) is 2.20. The van der Waals surface area contributed by atoms with E-state index in [4.69, 9.17) is 0 Å². The molecule has 0 aliphatic heterocycles. The van der Waals surface area contributed by atoms with Crippen molar-refractivity contribution in [3.05, 3.63) is 0 Å². The first-order valence-electron chi connectivity index (χ1n) is 0. The summed E-state index contributed by atoms with van der Waals surface area (Å²) in [5.41, 5.74) is 0. The third-order valence-corrected chi connectivity index (χ3v) is 0. The molecule has 0 unspecified atom stereocenters. The van der Waals surface area contributed by atoms with E-state index >= 15 is 0 Å². The summed E-state index contributed by atoms with van der Waals surface area (Å²) in [6.45, 7) is 0. The molecule has 3 radical (unpaired) electrons. The summed E-state index contributed by atoms with van der Waals surface area (Å²) in [5.74, 6) is 0. The van der Waals surface area contributed by atoms with Crippen LogP contribution in [-0.4, -0.2) is 25.8 Å². The third kappa shape index (κ3) is 41.9. The van der Waals surface area contributed by atoms with Crippen LogP contribution in [0.15, 0.2) is 0 Å². The number of hydrogen-bond donors (Lipinski definition) is 0. The van der Waals surface area contributed by atoms with E-state index in [0.29, 0.717) is 0 Å². The second-order valence-corrected chi connectivity index (χ2v) is 0. The first kappa shape index (κ1) is 73.2. The van der Waals surface area contributed by atoms with Gasteiger partial charge in [0.25, 0.3) is 0 Å². The predicted molar refractivity (Wildman–Crippen MR) is 26.5 cm³/mol. The summed E-state index contributed by atoms with van der Waals surface area (Å²) in [5, 5.41) is 0. The summed E-state index contributed by atoms with van der Waals surface area (Å²) in [4.78, 5) is 0. The fourth-order valence-electron chi connectivity index (χ4n) is 0. The van der Waals surface area contributed by atoms with Crippen molar-refractivity contribution in [3.8, 4) is 0 Å². The van der Waals surface area contributed by atoms with E-state index in [-0.39, 0.29) is 107 Å². The summed E-state index contributed by atoms with van der Waals surface area (Å²) in [6, 6.07) is 0. The Balaban J connectivity index is 0. The van der Waals surface area contributed by atoms with E-state index in [9.17, 15) is 0 Å². The molecule has 51 valence electrons. The first-order valence-corrected chi connectivity index (χ1v) is 0. The molecule has 0 atom stereocenters. The molecule has 0 amide bonds. The Hall–Kier alpha value is 3.72. The van der Waals surface area contributed by atoms with Gasteiger partial charge in [0.2, 0.25) is 0 Å². The van der Waals surface area contributed by atoms with Crippen molar-refractivity contribution in [1.29, 1.82) is 0 Å². The van der Waals surface area contributed by atoms with Gasteiger partial charge in [0.05, 0.1) is 0 Å². The molecule has 0 fully saturated rings. The van der Waals surface area contributed by atoms with Crippen LogP contribution in [0.2, 0.25) is 0 Å². The Morgan fingerprint density at radius 2 is 0.429 bits per heavy atom. The third-order valence-electron chi connectivity index (χ3n) is 0. The molecule has 0 aliphatic carbocycles. The maximum atomic E-state index is 0. The Kier molecular flexibility index (Phi) is 559. The van der Waals surface area contributed by atoms with Crippen molar-refractivity contribution in [2.75, 3.05) is 0 Å². The molecule has 0 saturated carbocycles. The summed E-state index contributed by atoms with van der Waals surface area (Å²) in [7, 11) is 0. The van der Waals surface area contributed by atoms with Gasteiger partial charge in [-0.15, -0.1) is 0 Å². The molecule has 0 saturated heterocycles. The number of hydrogen-bond acceptors (Lipinski definition) is 0. The minimum absolute atomic E-state index is 0.